The zero-order valence-electron chi connectivity index (χ0n) is 13.8. The van der Waals surface area contributed by atoms with Crippen LogP contribution < -0.4 is 10.4 Å². The molecular formula is C17H19NO6S. The van der Waals surface area contributed by atoms with Gasteiger partial charge < -0.3 is 9.15 Å². The number of nitrogens with zero attached hydrogens (tertiary/aromatic N) is 1. The molecule has 8 heteroatoms. The fourth-order valence-corrected chi connectivity index (χ4v) is 3.99. The minimum Gasteiger partial charge on any atom is -0.426 e. The molecule has 0 unspecified atom stereocenters. The van der Waals surface area contributed by atoms with Gasteiger partial charge in [0.1, 0.15) is 11.3 Å². The Morgan fingerprint density at radius 3 is 2.60 bits per heavy atom. The van der Waals surface area contributed by atoms with E-state index in [1.807, 2.05) is 0 Å². The van der Waals surface area contributed by atoms with Crippen LogP contribution in [0, 0.1) is 5.92 Å². The molecule has 0 saturated carbocycles. The first-order valence-electron chi connectivity index (χ1n) is 8.12. The van der Waals surface area contributed by atoms with E-state index in [1.54, 1.807) is 25.1 Å². The van der Waals surface area contributed by atoms with Crippen LogP contribution in [0.3, 0.4) is 0 Å². The molecule has 0 aliphatic carbocycles. The van der Waals surface area contributed by atoms with E-state index in [-0.39, 0.29) is 11.7 Å². The lowest BCUT2D eigenvalue weighted by atomic mass is 9.98. The molecule has 7 nitrogen and oxygen atoms in total. The lowest BCUT2D eigenvalue weighted by Crippen LogP contribution is -2.41. The Bertz CT molecular complexity index is 941. The predicted molar refractivity (Wildman–Crippen MR) is 91.9 cm³/mol. The molecule has 2 aromatic rings. The van der Waals surface area contributed by atoms with Gasteiger partial charge in [0, 0.05) is 30.6 Å². The van der Waals surface area contributed by atoms with Crippen LogP contribution in [0.5, 0.6) is 5.75 Å². The zero-order chi connectivity index (χ0) is 18.0. The molecule has 1 fully saturated rings. The Kier molecular flexibility index (Phi) is 4.91. The summed E-state index contributed by atoms with van der Waals surface area (Å²) in [5.74, 6) is -0.381. The van der Waals surface area contributed by atoms with Gasteiger partial charge in [-0.05, 0) is 38.0 Å². The Hall–Kier alpha value is -2.19. The molecule has 1 aliphatic rings. The fraction of sp³-hybridized carbons (Fsp3) is 0.412. The molecule has 3 rings (SSSR count). The Labute approximate surface area is 145 Å². The first-order chi connectivity index (χ1) is 11.9. The van der Waals surface area contributed by atoms with E-state index < -0.39 is 21.6 Å². The molecule has 0 bridgehead atoms. The van der Waals surface area contributed by atoms with Gasteiger partial charge in [-0.3, -0.25) is 4.79 Å². The van der Waals surface area contributed by atoms with Gasteiger partial charge in [-0.2, -0.15) is 0 Å². The predicted octanol–water partition coefficient (Wildman–Crippen LogP) is 1.76. The van der Waals surface area contributed by atoms with E-state index in [1.165, 1.54) is 16.4 Å². The monoisotopic (exact) mass is 365 g/mol. The topological polar surface area (TPSA) is 93.9 Å². The van der Waals surface area contributed by atoms with Gasteiger partial charge in [0.2, 0.25) is 10.0 Å². The van der Waals surface area contributed by atoms with Gasteiger partial charge in [-0.1, -0.05) is 0 Å². The molecule has 0 radical (unpaired) electrons. The lowest BCUT2D eigenvalue weighted by molar-refractivity contribution is -0.140. The summed E-state index contributed by atoms with van der Waals surface area (Å²) in [4.78, 5) is 23.6. The molecule has 134 valence electrons. The first-order valence-corrected chi connectivity index (χ1v) is 9.73. The van der Waals surface area contributed by atoms with E-state index in [0.717, 1.165) is 5.39 Å². The SMILES string of the molecule is CCS(=O)(=O)N1CCC(C(=O)Oc2ccc3ccc(=O)oc3c2)CC1. The first kappa shape index (κ1) is 17.6. The molecule has 1 aromatic heterocycles. The van der Waals surface area contributed by atoms with Crippen molar-refractivity contribution in [2.75, 3.05) is 18.8 Å². The summed E-state index contributed by atoms with van der Waals surface area (Å²) in [6.45, 7) is 2.25. The van der Waals surface area contributed by atoms with Crippen molar-refractivity contribution in [1.29, 1.82) is 0 Å². The molecular weight excluding hydrogens is 346 g/mol. The number of hydrogen-bond acceptors (Lipinski definition) is 6. The van der Waals surface area contributed by atoms with Gasteiger partial charge >= 0.3 is 11.6 Å². The number of fused-ring (bicyclic) bond motifs is 1. The van der Waals surface area contributed by atoms with Gasteiger partial charge in [-0.25, -0.2) is 17.5 Å². The van der Waals surface area contributed by atoms with Crippen LogP contribution in [0.15, 0.2) is 39.5 Å². The zero-order valence-corrected chi connectivity index (χ0v) is 14.6. The highest BCUT2D eigenvalue weighted by molar-refractivity contribution is 7.89. The number of sulfonamides is 1. The normalized spacial score (nSPS) is 16.8. The van der Waals surface area contributed by atoms with Crippen LogP contribution in [0.2, 0.25) is 0 Å². The van der Waals surface area contributed by atoms with Gasteiger partial charge in [0.15, 0.2) is 0 Å². The molecule has 0 N–H and O–H groups in total. The number of ether oxygens (including phenoxy) is 1. The van der Waals surface area contributed by atoms with Crippen LogP contribution in [0.4, 0.5) is 0 Å². The average Bonchev–Trinajstić information content (AvgIpc) is 2.61. The second-order valence-corrected chi connectivity index (χ2v) is 8.21. The van der Waals surface area contributed by atoms with Gasteiger partial charge in [-0.15, -0.1) is 0 Å². The van der Waals surface area contributed by atoms with Crippen molar-refractivity contribution in [3.63, 3.8) is 0 Å². The summed E-state index contributed by atoms with van der Waals surface area (Å²) in [5.41, 5.74) is -0.123. The Balaban J connectivity index is 1.66. The van der Waals surface area contributed by atoms with Crippen molar-refractivity contribution in [3.05, 3.63) is 40.8 Å². The minimum atomic E-state index is -3.22. The number of esters is 1. The highest BCUT2D eigenvalue weighted by Gasteiger charge is 2.31. The molecule has 0 spiro atoms. The third-order valence-corrected chi connectivity index (χ3v) is 6.24. The van der Waals surface area contributed by atoms with Crippen molar-refractivity contribution >= 4 is 27.0 Å². The summed E-state index contributed by atoms with van der Waals surface area (Å²) >= 11 is 0. The molecule has 1 saturated heterocycles. The number of piperidine rings is 1. The maximum absolute atomic E-state index is 12.3. The van der Waals surface area contributed by atoms with E-state index in [0.29, 0.717) is 37.3 Å². The number of rotatable bonds is 4. The number of benzene rings is 1. The molecule has 1 aliphatic heterocycles. The Morgan fingerprint density at radius 2 is 1.92 bits per heavy atom. The fourth-order valence-electron chi connectivity index (χ4n) is 2.86. The Morgan fingerprint density at radius 1 is 1.24 bits per heavy atom. The summed E-state index contributed by atoms with van der Waals surface area (Å²) in [6, 6.07) is 7.81. The van der Waals surface area contributed by atoms with E-state index in [2.05, 4.69) is 0 Å². The maximum atomic E-state index is 12.3. The lowest BCUT2D eigenvalue weighted by Gasteiger charge is -2.29. The van der Waals surface area contributed by atoms with Crippen molar-refractivity contribution in [3.8, 4) is 5.75 Å². The quantitative estimate of drug-likeness (QED) is 0.466. The van der Waals surface area contributed by atoms with Crippen molar-refractivity contribution in [2.45, 2.75) is 19.8 Å². The highest BCUT2D eigenvalue weighted by atomic mass is 32.2. The van der Waals surface area contributed by atoms with Crippen molar-refractivity contribution in [1.82, 2.24) is 4.31 Å². The minimum absolute atomic E-state index is 0.0599. The summed E-state index contributed by atoms with van der Waals surface area (Å²) < 4.78 is 35.6. The maximum Gasteiger partial charge on any atom is 0.336 e. The number of hydrogen-bond donors (Lipinski definition) is 0. The third kappa shape index (κ3) is 3.91. The van der Waals surface area contributed by atoms with Crippen LogP contribution in [0.25, 0.3) is 11.0 Å². The summed E-state index contributed by atoms with van der Waals surface area (Å²) in [6.07, 6.45) is 0.863. The van der Waals surface area contributed by atoms with Crippen LogP contribution in [-0.4, -0.2) is 37.5 Å². The van der Waals surface area contributed by atoms with Crippen LogP contribution in [0.1, 0.15) is 19.8 Å². The average molecular weight is 365 g/mol. The molecule has 0 atom stereocenters. The summed E-state index contributed by atoms with van der Waals surface area (Å²) in [5, 5.41) is 0.734. The van der Waals surface area contributed by atoms with Gasteiger partial charge in [0.25, 0.3) is 0 Å². The smallest absolute Gasteiger partial charge is 0.336 e. The summed E-state index contributed by atoms with van der Waals surface area (Å²) in [7, 11) is -3.22. The van der Waals surface area contributed by atoms with Gasteiger partial charge in [0.05, 0.1) is 11.7 Å². The van der Waals surface area contributed by atoms with Crippen molar-refractivity contribution < 1.29 is 22.4 Å². The standard InChI is InChI=1S/C17H19NO6S/c1-2-25(21,22)18-9-7-13(8-10-18)17(20)23-14-5-3-12-4-6-16(19)24-15(12)11-14/h3-6,11,13H,2,7-10H2,1H3. The van der Waals surface area contributed by atoms with Crippen LogP contribution in [-0.2, 0) is 14.8 Å². The van der Waals surface area contributed by atoms with E-state index >= 15 is 0 Å². The van der Waals surface area contributed by atoms with Crippen molar-refractivity contribution in [2.24, 2.45) is 5.92 Å². The molecule has 25 heavy (non-hydrogen) atoms. The third-order valence-electron chi connectivity index (χ3n) is 4.36. The highest BCUT2D eigenvalue weighted by Crippen LogP contribution is 2.24. The second kappa shape index (κ2) is 6.97. The molecule has 1 aromatic carbocycles. The van der Waals surface area contributed by atoms with E-state index in [9.17, 15) is 18.0 Å². The van der Waals surface area contributed by atoms with Crippen LogP contribution >= 0.6 is 0 Å². The van der Waals surface area contributed by atoms with E-state index in [4.69, 9.17) is 9.15 Å². The molecule has 0 amide bonds. The largest absolute Gasteiger partial charge is 0.426 e. The number of carbonyl (C=O) groups is 1. The number of carbonyl (C=O) groups excluding carboxylic acids is 1. The molecule has 2 heterocycles. The second-order valence-electron chi connectivity index (χ2n) is 5.95.